The summed E-state index contributed by atoms with van der Waals surface area (Å²) in [5.41, 5.74) is 2.47. The molecule has 170 valence electrons. The third-order valence-electron chi connectivity index (χ3n) is 5.11. The number of carbonyl (C=O) groups excluding carboxylic acids is 3. The van der Waals surface area contributed by atoms with Gasteiger partial charge in [0.1, 0.15) is 11.5 Å². The fourth-order valence-corrected chi connectivity index (χ4v) is 3.50. The van der Waals surface area contributed by atoms with Gasteiger partial charge in [-0.25, -0.2) is 9.80 Å². The third-order valence-corrected chi connectivity index (χ3v) is 5.11. The van der Waals surface area contributed by atoms with Crippen molar-refractivity contribution in [3.63, 3.8) is 0 Å². The summed E-state index contributed by atoms with van der Waals surface area (Å²) in [7, 11) is 1.45. The quantitative estimate of drug-likeness (QED) is 0.479. The van der Waals surface area contributed by atoms with E-state index in [-0.39, 0.29) is 30.2 Å². The highest BCUT2D eigenvalue weighted by atomic mass is 19.3. The Labute approximate surface area is 183 Å². The number of ketones is 1. The molecule has 1 aliphatic heterocycles. The van der Waals surface area contributed by atoms with Crippen LogP contribution < -0.4 is 4.74 Å². The van der Waals surface area contributed by atoms with E-state index in [9.17, 15) is 23.2 Å². The number of aryl methyl sites for hydroxylation is 1. The minimum absolute atomic E-state index is 0.0287. The Morgan fingerprint density at radius 1 is 1.12 bits per heavy atom. The number of rotatable bonds is 7. The molecule has 0 saturated carbocycles. The molecule has 2 heterocycles. The molecule has 0 aliphatic carbocycles. The number of Topliss-reactive ketones (excluding diaryl/α,β-unsaturated/α-hetero) is 1. The van der Waals surface area contributed by atoms with Crippen LogP contribution in [0, 0.1) is 13.8 Å². The molecule has 10 heteroatoms. The van der Waals surface area contributed by atoms with Crippen molar-refractivity contribution in [1.82, 2.24) is 9.58 Å². The number of amides is 1. The maximum absolute atomic E-state index is 13.0. The molecule has 0 saturated heterocycles. The van der Waals surface area contributed by atoms with Crippen LogP contribution in [-0.2, 0) is 14.3 Å². The van der Waals surface area contributed by atoms with Crippen molar-refractivity contribution in [1.29, 1.82) is 0 Å². The third kappa shape index (κ3) is 4.84. The van der Waals surface area contributed by atoms with Crippen molar-refractivity contribution >= 4 is 23.4 Å². The molecule has 1 amide bonds. The van der Waals surface area contributed by atoms with Crippen LogP contribution in [-0.4, -0.2) is 52.7 Å². The molecule has 1 aromatic heterocycles. The van der Waals surface area contributed by atoms with Crippen molar-refractivity contribution in [2.75, 3.05) is 7.05 Å². The second-order valence-corrected chi connectivity index (χ2v) is 7.37. The lowest BCUT2D eigenvalue weighted by Gasteiger charge is -2.19. The minimum atomic E-state index is -2.91. The molecule has 1 unspecified atom stereocenters. The van der Waals surface area contributed by atoms with Crippen LogP contribution in [0.1, 0.15) is 41.5 Å². The number of benzene rings is 1. The molecule has 8 nitrogen and oxygen atoms in total. The predicted molar refractivity (Wildman–Crippen MR) is 111 cm³/mol. The Hall–Kier alpha value is -3.56. The van der Waals surface area contributed by atoms with Crippen molar-refractivity contribution in [2.24, 2.45) is 5.10 Å². The van der Waals surface area contributed by atoms with Gasteiger partial charge in [0, 0.05) is 42.5 Å². The van der Waals surface area contributed by atoms with E-state index in [1.54, 1.807) is 36.6 Å². The smallest absolute Gasteiger partial charge is 0.387 e. The maximum atomic E-state index is 13.0. The molecule has 2 aromatic rings. The molecular formula is C22H23F2N3O5. The van der Waals surface area contributed by atoms with E-state index in [1.165, 1.54) is 26.1 Å². The van der Waals surface area contributed by atoms with E-state index in [2.05, 4.69) is 9.84 Å². The summed E-state index contributed by atoms with van der Waals surface area (Å²) < 4.78 is 36.2. The zero-order valence-corrected chi connectivity index (χ0v) is 18.1. The lowest BCUT2D eigenvalue weighted by Crippen LogP contribution is -2.35. The topological polar surface area (TPSA) is 90.2 Å². The van der Waals surface area contributed by atoms with E-state index in [0.29, 0.717) is 16.9 Å². The molecule has 1 aliphatic rings. The number of hydrogen-bond donors (Lipinski definition) is 0. The molecule has 0 radical (unpaired) electrons. The summed E-state index contributed by atoms with van der Waals surface area (Å²) >= 11 is 0. The van der Waals surface area contributed by atoms with Gasteiger partial charge in [-0.2, -0.15) is 13.9 Å². The van der Waals surface area contributed by atoms with Crippen LogP contribution >= 0.6 is 0 Å². The van der Waals surface area contributed by atoms with Crippen LogP contribution in [0.3, 0.4) is 0 Å². The number of nitrogens with zero attached hydrogens (tertiary/aromatic N) is 3. The van der Waals surface area contributed by atoms with E-state index in [1.807, 2.05) is 0 Å². The van der Waals surface area contributed by atoms with Crippen LogP contribution in [0.4, 0.5) is 8.78 Å². The monoisotopic (exact) mass is 447 g/mol. The highest BCUT2D eigenvalue weighted by Gasteiger charge is 2.28. The lowest BCUT2D eigenvalue weighted by atomic mass is 10.1. The van der Waals surface area contributed by atoms with Crippen LogP contribution in [0.5, 0.6) is 5.75 Å². The predicted octanol–water partition coefficient (Wildman–Crippen LogP) is 3.42. The molecular weight excluding hydrogens is 424 g/mol. The molecule has 32 heavy (non-hydrogen) atoms. The average molecular weight is 447 g/mol. The normalized spacial score (nSPS) is 14.9. The van der Waals surface area contributed by atoms with E-state index < -0.39 is 24.5 Å². The Balaban J connectivity index is 1.77. The second-order valence-electron chi connectivity index (χ2n) is 7.37. The van der Waals surface area contributed by atoms with Crippen LogP contribution in [0.15, 0.2) is 35.4 Å². The standard InChI is InChI=1S/C22H23F2N3O5/c1-12-11-17(13(2)27(12)15-5-7-16(8-6-15)32-22(23)24)20(29)14(3)31-21(30)18-9-10-19(28)26(4)25-18/h5-8,11,14,22H,9-10H2,1-4H3. The molecule has 3 rings (SSSR count). The van der Waals surface area contributed by atoms with Gasteiger partial charge in [-0.15, -0.1) is 0 Å². The molecule has 0 spiro atoms. The summed E-state index contributed by atoms with van der Waals surface area (Å²) in [4.78, 5) is 36.8. The lowest BCUT2D eigenvalue weighted by molar-refractivity contribution is -0.138. The summed E-state index contributed by atoms with van der Waals surface area (Å²) in [6, 6.07) is 7.72. The number of ether oxygens (including phenoxy) is 2. The van der Waals surface area contributed by atoms with E-state index in [4.69, 9.17) is 4.74 Å². The molecule has 1 atom stereocenters. The largest absolute Gasteiger partial charge is 0.450 e. The van der Waals surface area contributed by atoms with Gasteiger partial charge in [0.2, 0.25) is 11.7 Å². The molecule has 0 N–H and O–H groups in total. The van der Waals surface area contributed by atoms with Gasteiger partial charge >= 0.3 is 12.6 Å². The minimum Gasteiger partial charge on any atom is -0.450 e. The first-order chi connectivity index (χ1) is 15.1. The van der Waals surface area contributed by atoms with Crippen LogP contribution in [0.2, 0.25) is 0 Å². The Bertz CT molecular complexity index is 1080. The summed E-state index contributed by atoms with van der Waals surface area (Å²) in [5, 5.41) is 4.98. The number of halogens is 2. The molecule has 0 bridgehead atoms. The number of esters is 1. The zero-order chi connectivity index (χ0) is 23.6. The maximum Gasteiger partial charge on any atom is 0.387 e. The fourth-order valence-electron chi connectivity index (χ4n) is 3.50. The Morgan fingerprint density at radius 3 is 2.38 bits per heavy atom. The SMILES string of the molecule is Cc1cc(C(=O)C(C)OC(=O)C2=NN(C)C(=O)CC2)c(C)n1-c1ccc(OC(F)F)cc1. The van der Waals surface area contributed by atoms with Gasteiger partial charge in [-0.1, -0.05) is 0 Å². The van der Waals surface area contributed by atoms with Gasteiger partial charge < -0.3 is 14.0 Å². The first kappa shape index (κ1) is 23.1. The van der Waals surface area contributed by atoms with Gasteiger partial charge in [0.15, 0.2) is 6.10 Å². The number of alkyl halides is 2. The number of hydrazone groups is 1. The summed E-state index contributed by atoms with van der Waals surface area (Å²) in [5.74, 6) is -1.31. The van der Waals surface area contributed by atoms with Gasteiger partial charge in [-0.05, 0) is 51.1 Å². The highest BCUT2D eigenvalue weighted by Crippen LogP contribution is 2.25. The van der Waals surface area contributed by atoms with Gasteiger partial charge in [-0.3, -0.25) is 9.59 Å². The van der Waals surface area contributed by atoms with Gasteiger partial charge in [0.25, 0.3) is 0 Å². The Kier molecular flexibility index (Phi) is 6.71. The Morgan fingerprint density at radius 2 is 1.78 bits per heavy atom. The van der Waals surface area contributed by atoms with E-state index >= 15 is 0 Å². The summed E-state index contributed by atoms with van der Waals surface area (Å²) in [6.45, 7) is 2.10. The van der Waals surface area contributed by atoms with Crippen molar-refractivity contribution in [3.8, 4) is 11.4 Å². The first-order valence-electron chi connectivity index (χ1n) is 9.92. The van der Waals surface area contributed by atoms with Crippen molar-refractivity contribution in [2.45, 2.75) is 46.3 Å². The molecule has 0 fully saturated rings. The van der Waals surface area contributed by atoms with Crippen LogP contribution in [0.25, 0.3) is 5.69 Å². The van der Waals surface area contributed by atoms with Crippen molar-refractivity contribution < 1.29 is 32.6 Å². The van der Waals surface area contributed by atoms with Crippen molar-refractivity contribution in [3.05, 3.63) is 47.3 Å². The summed E-state index contributed by atoms with van der Waals surface area (Å²) in [6.07, 6.45) is -0.763. The second kappa shape index (κ2) is 9.29. The van der Waals surface area contributed by atoms with E-state index in [0.717, 1.165) is 10.7 Å². The highest BCUT2D eigenvalue weighted by molar-refractivity contribution is 6.37. The first-order valence-corrected chi connectivity index (χ1v) is 9.92. The zero-order valence-electron chi connectivity index (χ0n) is 18.1. The number of aromatic nitrogens is 1. The molecule has 1 aromatic carbocycles. The fraction of sp³-hybridized carbons (Fsp3) is 0.364. The number of carbonyl (C=O) groups is 3. The number of hydrogen-bond acceptors (Lipinski definition) is 6. The van der Waals surface area contributed by atoms with Gasteiger partial charge in [0.05, 0.1) is 0 Å². The average Bonchev–Trinajstić information content (AvgIpc) is 3.03.